The minimum Gasteiger partial charge on any atom is -0.366 e. The number of nitrogens with two attached hydrogens (primary N) is 1. The second-order valence-corrected chi connectivity index (χ2v) is 4.29. The summed E-state index contributed by atoms with van der Waals surface area (Å²) in [5.41, 5.74) is 6.54. The Morgan fingerprint density at radius 2 is 2.29 bits per heavy atom. The smallest absolute Gasteiger partial charge is 0.239 e. The summed E-state index contributed by atoms with van der Waals surface area (Å²) in [5, 5.41) is 4.20. The van der Waals surface area contributed by atoms with Crippen molar-refractivity contribution in [2.45, 2.75) is 25.3 Å². The van der Waals surface area contributed by atoms with Crippen LogP contribution in [0.15, 0.2) is 24.3 Å². The van der Waals surface area contributed by atoms with Crippen LogP contribution in [-0.4, -0.2) is 14.8 Å². The van der Waals surface area contributed by atoms with E-state index in [9.17, 15) is 4.39 Å². The molecule has 0 saturated carbocycles. The van der Waals surface area contributed by atoms with Crippen LogP contribution in [0.25, 0.3) is 0 Å². The topological polar surface area (TPSA) is 56.7 Å². The molecule has 0 aliphatic carbocycles. The molecule has 0 fully saturated rings. The molecular formula is C12H13FN4. The standard InChI is InChI=1S/C12H13FN4/c13-9-4-1-3-8(7-9)10-5-2-6-11-15-12(14)16-17(10)11/h1,3-4,7,10H,2,5-6H2,(H2,14,16). The van der Waals surface area contributed by atoms with Crippen molar-refractivity contribution in [3.05, 3.63) is 41.5 Å². The van der Waals surface area contributed by atoms with Gasteiger partial charge in [-0.2, -0.15) is 4.98 Å². The molecule has 0 radical (unpaired) electrons. The third-order valence-corrected chi connectivity index (χ3v) is 3.12. The molecule has 0 bridgehead atoms. The van der Waals surface area contributed by atoms with E-state index in [4.69, 9.17) is 5.73 Å². The first-order chi connectivity index (χ1) is 8.24. The van der Waals surface area contributed by atoms with Gasteiger partial charge >= 0.3 is 0 Å². The number of nitrogens with zero attached hydrogens (tertiary/aromatic N) is 3. The maximum absolute atomic E-state index is 13.2. The minimum absolute atomic E-state index is 0.0549. The molecule has 88 valence electrons. The summed E-state index contributed by atoms with van der Waals surface area (Å²) in [5.74, 6) is 0.967. The van der Waals surface area contributed by atoms with Crippen molar-refractivity contribution in [3.8, 4) is 0 Å². The molecule has 1 aromatic heterocycles. The molecule has 1 aromatic carbocycles. The van der Waals surface area contributed by atoms with Crippen LogP contribution >= 0.6 is 0 Å². The molecule has 2 heterocycles. The molecule has 0 saturated heterocycles. The second-order valence-electron chi connectivity index (χ2n) is 4.29. The van der Waals surface area contributed by atoms with Crippen LogP contribution in [0.1, 0.15) is 30.3 Å². The highest BCUT2D eigenvalue weighted by Gasteiger charge is 2.24. The van der Waals surface area contributed by atoms with E-state index in [1.165, 1.54) is 6.07 Å². The van der Waals surface area contributed by atoms with Crippen molar-refractivity contribution >= 4 is 5.95 Å². The Kier molecular flexibility index (Phi) is 2.31. The van der Waals surface area contributed by atoms with E-state index in [0.29, 0.717) is 5.95 Å². The third-order valence-electron chi connectivity index (χ3n) is 3.12. The van der Waals surface area contributed by atoms with Crippen molar-refractivity contribution in [3.63, 3.8) is 0 Å². The number of aryl methyl sites for hydroxylation is 1. The molecule has 1 atom stereocenters. The number of rotatable bonds is 1. The lowest BCUT2D eigenvalue weighted by atomic mass is 9.98. The molecule has 2 N–H and O–H groups in total. The van der Waals surface area contributed by atoms with E-state index in [0.717, 1.165) is 30.7 Å². The zero-order valence-electron chi connectivity index (χ0n) is 9.31. The van der Waals surface area contributed by atoms with Gasteiger partial charge in [-0.1, -0.05) is 12.1 Å². The van der Waals surface area contributed by atoms with E-state index >= 15 is 0 Å². The Hall–Kier alpha value is -1.91. The summed E-state index contributed by atoms with van der Waals surface area (Å²) < 4.78 is 15.1. The number of hydrogen-bond acceptors (Lipinski definition) is 3. The van der Waals surface area contributed by atoms with Crippen molar-refractivity contribution < 1.29 is 4.39 Å². The summed E-state index contributed by atoms with van der Waals surface area (Å²) in [6.45, 7) is 0. The normalized spacial score (nSPS) is 19.0. The Labute approximate surface area is 98.3 Å². The molecule has 1 aliphatic rings. The van der Waals surface area contributed by atoms with Gasteiger partial charge in [-0.05, 0) is 30.5 Å². The number of hydrogen-bond donors (Lipinski definition) is 1. The molecule has 2 aromatic rings. The van der Waals surface area contributed by atoms with E-state index in [-0.39, 0.29) is 11.9 Å². The number of nitrogen functional groups attached to an aromatic ring is 1. The summed E-state index contributed by atoms with van der Waals surface area (Å²) in [6, 6.07) is 6.69. The van der Waals surface area contributed by atoms with Gasteiger partial charge in [-0.25, -0.2) is 9.07 Å². The predicted molar refractivity (Wildman–Crippen MR) is 61.9 cm³/mol. The summed E-state index contributed by atoms with van der Waals surface area (Å²) >= 11 is 0. The fourth-order valence-corrected chi connectivity index (χ4v) is 2.39. The first-order valence-corrected chi connectivity index (χ1v) is 5.70. The van der Waals surface area contributed by atoms with Crippen LogP contribution in [0.2, 0.25) is 0 Å². The van der Waals surface area contributed by atoms with Gasteiger partial charge in [-0.15, -0.1) is 5.10 Å². The number of fused-ring (bicyclic) bond motifs is 1. The number of anilines is 1. The van der Waals surface area contributed by atoms with Gasteiger partial charge in [0, 0.05) is 6.42 Å². The monoisotopic (exact) mass is 232 g/mol. The predicted octanol–water partition coefficient (Wildman–Crippen LogP) is 1.93. The third kappa shape index (κ3) is 1.77. The highest BCUT2D eigenvalue weighted by atomic mass is 19.1. The van der Waals surface area contributed by atoms with Gasteiger partial charge in [0.25, 0.3) is 0 Å². The van der Waals surface area contributed by atoms with E-state index in [1.54, 1.807) is 12.1 Å². The average Bonchev–Trinajstić information content (AvgIpc) is 2.68. The maximum atomic E-state index is 13.2. The number of aromatic nitrogens is 3. The van der Waals surface area contributed by atoms with Gasteiger partial charge in [0.15, 0.2) is 0 Å². The molecule has 0 spiro atoms. The molecule has 1 unspecified atom stereocenters. The van der Waals surface area contributed by atoms with Crippen molar-refractivity contribution in [1.29, 1.82) is 0 Å². The summed E-state index contributed by atoms with van der Waals surface area (Å²) in [4.78, 5) is 4.19. The van der Waals surface area contributed by atoms with Crippen LogP contribution in [-0.2, 0) is 6.42 Å². The van der Waals surface area contributed by atoms with Gasteiger partial charge in [0.2, 0.25) is 5.95 Å². The van der Waals surface area contributed by atoms with Crippen LogP contribution in [0.4, 0.5) is 10.3 Å². The Bertz CT molecular complexity index is 549. The highest BCUT2D eigenvalue weighted by Crippen LogP contribution is 2.29. The van der Waals surface area contributed by atoms with Crippen molar-refractivity contribution in [2.24, 2.45) is 0 Å². The lowest BCUT2D eigenvalue weighted by Crippen LogP contribution is -2.20. The largest absolute Gasteiger partial charge is 0.366 e. The SMILES string of the molecule is Nc1nc2n(n1)C(c1cccc(F)c1)CCC2. The molecule has 5 heteroatoms. The lowest BCUT2D eigenvalue weighted by Gasteiger charge is -2.23. The minimum atomic E-state index is -0.220. The first-order valence-electron chi connectivity index (χ1n) is 5.70. The number of benzene rings is 1. The van der Waals surface area contributed by atoms with E-state index in [1.807, 2.05) is 10.7 Å². The molecule has 0 amide bonds. The number of halogens is 1. The molecular weight excluding hydrogens is 219 g/mol. The Morgan fingerprint density at radius 1 is 1.41 bits per heavy atom. The van der Waals surface area contributed by atoms with Crippen LogP contribution in [0.3, 0.4) is 0 Å². The average molecular weight is 232 g/mol. The fraction of sp³-hybridized carbons (Fsp3) is 0.333. The fourth-order valence-electron chi connectivity index (χ4n) is 2.39. The maximum Gasteiger partial charge on any atom is 0.239 e. The molecule has 4 nitrogen and oxygen atoms in total. The quantitative estimate of drug-likeness (QED) is 0.817. The first kappa shape index (κ1) is 10.3. The molecule has 17 heavy (non-hydrogen) atoms. The van der Waals surface area contributed by atoms with Crippen LogP contribution in [0, 0.1) is 5.82 Å². The van der Waals surface area contributed by atoms with Gasteiger partial charge < -0.3 is 5.73 Å². The van der Waals surface area contributed by atoms with Crippen molar-refractivity contribution in [2.75, 3.05) is 5.73 Å². The van der Waals surface area contributed by atoms with Gasteiger partial charge in [0.1, 0.15) is 11.6 Å². The van der Waals surface area contributed by atoms with Crippen molar-refractivity contribution in [1.82, 2.24) is 14.8 Å². The van der Waals surface area contributed by atoms with Gasteiger partial charge in [-0.3, -0.25) is 0 Å². The van der Waals surface area contributed by atoms with Gasteiger partial charge in [0.05, 0.1) is 6.04 Å². The van der Waals surface area contributed by atoms with E-state index < -0.39 is 0 Å². The Balaban J connectivity index is 2.05. The lowest BCUT2D eigenvalue weighted by molar-refractivity contribution is 0.411. The summed E-state index contributed by atoms with van der Waals surface area (Å²) in [6.07, 6.45) is 2.86. The van der Waals surface area contributed by atoms with E-state index in [2.05, 4.69) is 10.1 Å². The molecule has 1 aliphatic heterocycles. The molecule has 3 rings (SSSR count). The zero-order chi connectivity index (χ0) is 11.8. The van der Waals surface area contributed by atoms with Crippen LogP contribution in [0.5, 0.6) is 0 Å². The zero-order valence-corrected chi connectivity index (χ0v) is 9.31. The highest BCUT2D eigenvalue weighted by molar-refractivity contribution is 5.24. The Morgan fingerprint density at radius 3 is 3.12 bits per heavy atom. The summed E-state index contributed by atoms with van der Waals surface area (Å²) in [7, 11) is 0. The van der Waals surface area contributed by atoms with Crippen LogP contribution < -0.4 is 5.73 Å². The second kappa shape index (κ2) is 3.84.